The van der Waals surface area contributed by atoms with Gasteiger partial charge in [0.25, 0.3) is 0 Å². The maximum absolute atomic E-state index is 12.1. The molecule has 7 atom stereocenters. The molecule has 0 radical (unpaired) electrons. The highest BCUT2D eigenvalue weighted by Crippen LogP contribution is 2.34. The Hall–Kier alpha value is -4.03. The molecule has 3 rings (SSSR count). The first-order valence-corrected chi connectivity index (χ1v) is 12.5. The predicted octanol–water partition coefficient (Wildman–Crippen LogP) is 3.82. The summed E-state index contributed by atoms with van der Waals surface area (Å²) in [5.41, 5.74) is 19.0. The van der Waals surface area contributed by atoms with Crippen LogP contribution in [0.2, 0.25) is 0 Å². The number of ether oxygens (including phenoxy) is 5. The molecule has 2 fully saturated rings. The van der Waals surface area contributed by atoms with E-state index in [-0.39, 0.29) is 19.6 Å². The molecule has 210 valence electrons. The Morgan fingerprint density at radius 1 is 0.974 bits per heavy atom. The van der Waals surface area contributed by atoms with Crippen LogP contribution in [-0.4, -0.2) is 67.4 Å². The van der Waals surface area contributed by atoms with Crippen LogP contribution < -0.4 is 5.32 Å². The number of benzene rings is 1. The normalized spacial score (nSPS) is 28.1. The fraction of sp³-hybridized carbons (Fsp3) is 0.625. The van der Waals surface area contributed by atoms with Crippen LogP contribution in [-0.2, 0) is 39.9 Å². The molecule has 0 aromatic heterocycles. The third kappa shape index (κ3) is 9.04. The third-order valence-corrected chi connectivity index (χ3v) is 6.20. The second-order valence-corrected chi connectivity index (χ2v) is 9.09. The minimum Gasteiger partial charge on any atom is -0.458 e. The van der Waals surface area contributed by atoms with E-state index >= 15 is 0 Å². The van der Waals surface area contributed by atoms with E-state index in [1.165, 1.54) is 6.92 Å². The minimum atomic E-state index is -1.23. The van der Waals surface area contributed by atoms with Crippen molar-refractivity contribution in [2.24, 2.45) is 10.2 Å². The minimum absolute atomic E-state index is 0.0144. The van der Waals surface area contributed by atoms with Crippen LogP contribution in [0.15, 0.2) is 40.6 Å². The zero-order chi connectivity index (χ0) is 28.2. The van der Waals surface area contributed by atoms with Crippen molar-refractivity contribution < 1.29 is 38.1 Å². The number of nitrogens with zero attached hydrogens (tertiary/aromatic N) is 6. The monoisotopic (exact) mass is 545 g/mol. The quantitative estimate of drug-likeness (QED) is 0.150. The van der Waals surface area contributed by atoms with Gasteiger partial charge in [-0.1, -0.05) is 40.6 Å². The molecule has 0 bridgehead atoms. The average Bonchev–Trinajstić information content (AvgIpc) is 2.91. The van der Waals surface area contributed by atoms with Gasteiger partial charge in [-0.2, -0.15) is 0 Å². The largest absolute Gasteiger partial charge is 0.458 e. The van der Waals surface area contributed by atoms with Gasteiger partial charge in [0.1, 0.15) is 18.8 Å². The Balaban J connectivity index is 1.66. The molecule has 1 aromatic rings. The molecule has 0 spiro atoms. The van der Waals surface area contributed by atoms with Gasteiger partial charge in [0.2, 0.25) is 0 Å². The van der Waals surface area contributed by atoms with Crippen molar-refractivity contribution in [1.29, 1.82) is 0 Å². The van der Waals surface area contributed by atoms with Gasteiger partial charge in [0.15, 0.2) is 12.4 Å². The number of amides is 1. The van der Waals surface area contributed by atoms with E-state index in [1.54, 1.807) is 0 Å². The number of hydrogen-bond donors (Lipinski definition) is 1. The number of alkyl carbamates (subject to hydrolysis) is 1. The average molecular weight is 546 g/mol. The third-order valence-electron chi connectivity index (χ3n) is 6.20. The van der Waals surface area contributed by atoms with E-state index in [1.807, 2.05) is 30.3 Å². The van der Waals surface area contributed by atoms with Gasteiger partial charge in [-0.3, -0.25) is 9.59 Å². The van der Waals surface area contributed by atoms with E-state index < -0.39 is 60.8 Å². The number of esters is 2. The predicted molar refractivity (Wildman–Crippen MR) is 134 cm³/mol. The number of azide groups is 2. The first-order valence-electron chi connectivity index (χ1n) is 12.5. The van der Waals surface area contributed by atoms with Crippen LogP contribution in [0.3, 0.4) is 0 Å². The fourth-order valence-corrected chi connectivity index (χ4v) is 4.59. The van der Waals surface area contributed by atoms with Crippen molar-refractivity contribution in [3.8, 4) is 0 Å². The first-order chi connectivity index (χ1) is 18.8. The summed E-state index contributed by atoms with van der Waals surface area (Å²) in [6, 6.07) is 7.37. The number of carbonyl (C=O) groups is 3. The van der Waals surface area contributed by atoms with Gasteiger partial charge in [-0.15, -0.1) is 0 Å². The van der Waals surface area contributed by atoms with E-state index in [9.17, 15) is 14.4 Å². The van der Waals surface area contributed by atoms with E-state index in [0.29, 0.717) is 19.3 Å². The molecule has 1 aliphatic heterocycles. The van der Waals surface area contributed by atoms with Crippen LogP contribution in [0.5, 0.6) is 0 Å². The van der Waals surface area contributed by atoms with Crippen LogP contribution in [0, 0.1) is 0 Å². The van der Waals surface area contributed by atoms with Gasteiger partial charge in [0, 0.05) is 30.2 Å². The summed E-state index contributed by atoms with van der Waals surface area (Å²) in [4.78, 5) is 41.5. The fourth-order valence-electron chi connectivity index (χ4n) is 4.59. The molecule has 1 N–H and O–H groups in total. The van der Waals surface area contributed by atoms with Gasteiger partial charge in [0.05, 0.1) is 18.2 Å². The smallest absolute Gasteiger partial charge is 0.407 e. The number of carbonyl (C=O) groups excluding carboxylic acids is 3. The van der Waals surface area contributed by atoms with Gasteiger partial charge >= 0.3 is 18.0 Å². The second-order valence-electron chi connectivity index (χ2n) is 9.09. The number of rotatable bonds is 10. The van der Waals surface area contributed by atoms with Crippen molar-refractivity contribution in [2.45, 2.75) is 88.9 Å². The zero-order valence-electron chi connectivity index (χ0n) is 21.6. The lowest BCUT2D eigenvalue weighted by Gasteiger charge is -2.44. The van der Waals surface area contributed by atoms with Crippen molar-refractivity contribution in [3.05, 3.63) is 56.8 Å². The van der Waals surface area contributed by atoms with Crippen molar-refractivity contribution in [1.82, 2.24) is 5.32 Å². The second kappa shape index (κ2) is 14.8. The molecule has 1 amide bonds. The first kappa shape index (κ1) is 29.5. The van der Waals surface area contributed by atoms with Crippen molar-refractivity contribution >= 4 is 18.0 Å². The van der Waals surface area contributed by atoms with Crippen LogP contribution in [0.4, 0.5) is 4.79 Å². The summed E-state index contributed by atoms with van der Waals surface area (Å²) in [5, 5.41) is 10.1. The molecular formula is C24H31N7O8. The Labute approximate surface area is 224 Å². The van der Waals surface area contributed by atoms with Gasteiger partial charge in [-0.05, 0) is 42.3 Å². The summed E-state index contributed by atoms with van der Waals surface area (Å²) in [5.74, 6) is -1.39. The molecule has 39 heavy (non-hydrogen) atoms. The number of hydrogen-bond acceptors (Lipinski definition) is 10. The standard InChI is InChI=1S/C24H31N7O8/c1-14(32)36-21-18(28-30-25)11-19(29-31-26)22(23(21)37-15(2)33)39-20-10-6-9-17(38-20)12-27-24(34)35-13-16-7-4-3-5-8-16/h3-5,7-8,17-23H,6,9-13H2,1-2H3,(H,27,34). The highest BCUT2D eigenvalue weighted by Gasteiger charge is 2.50. The summed E-state index contributed by atoms with van der Waals surface area (Å²) in [6.07, 6.45) is -3.47. The van der Waals surface area contributed by atoms with Crippen LogP contribution in [0.25, 0.3) is 20.9 Å². The van der Waals surface area contributed by atoms with Crippen LogP contribution in [0.1, 0.15) is 45.1 Å². The molecule has 1 aromatic carbocycles. The highest BCUT2D eigenvalue weighted by atomic mass is 16.7. The summed E-state index contributed by atoms with van der Waals surface area (Å²) in [7, 11) is 0. The Kier molecular flexibility index (Phi) is 11.2. The molecule has 1 saturated carbocycles. The van der Waals surface area contributed by atoms with E-state index in [0.717, 1.165) is 12.5 Å². The molecular weight excluding hydrogens is 514 g/mol. The zero-order valence-corrected chi connectivity index (χ0v) is 21.6. The molecule has 15 nitrogen and oxygen atoms in total. The number of nitrogens with one attached hydrogen (secondary N) is 1. The summed E-state index contributed by atoms with van der Waals surface area (Å²) < 4.78 is 28.2. The van der Waals surface area contributed by atoms with Crippen molar-refractivity contribution in [3.63, 3.8) is 0 Å². The lowest BCUT2D eigenvalue weighted by molar-refractivity contribution is -0.252. The van der Waals surface area contributed by atoms with Crippen LogP contribution >= 0.6 is 0 Å². The molecule has 1 heterocycles. The lowest BCUT2D eigenvalue weighted by atomic mass is 9.84. The molecule has 15 heteroatoms. The maximum Gasteiger partial charge on any atom is 0.407 e. The Morgan fingerprint density at radius 2 is 1.62 bits per heavy atom. The Morgan fingerprint density at radius 3 is 2.26 bits per heavy atom. The Bertz CT molecular complexity index is 1090. The molecule has 7 unspecified atom stereocenters. The SMILES string of the molecule is CC(=O)OC1C(N=[N+]=[N-])CC(N=[N+]=[N-])C(OC2CCCC(CNC(=O)OCc3ccccc3)O2)C1OC(C)=O. The highest BCUT2D eigenvalue weighted by molar-refractivity contribution is 5.68. The van der Waals surface area contributed by atoms with Crippen molar-refractivity contribution in [2.75, 3.05) is 6.54 Å². The maximum atomic E-state index is 12.1. The van der Waals surface area contributed by atoms with Gasteiger partial charge in [-0.25, -0.2) is 4.79 Å². The molecule has 1 aliphatic carbocycles. The van der Waals surface area contributed by atoms with E-state index in [4.69, 9.17) is 34.7 Å². The molecule has 2 aliphatic rings. The topological polar surface area (TPSA) is 207 Å². The van der Waals surface area contributed by atoms with Gasteiger partial charge < -0.3 is 29.0 Å². The molecule has 1 saturated heterocycles. The van der Waals surface area contributed by atoms with E-state index in [2.05, 4.69) is 25.4 Å². The summed E-state index contributed by atoms with van der Waals surface area (Å²) in [6.45, 7) is 2.63. The lowest BCUT2D eigenvalue weighted by Crippen LogP contribution is -2.59. The summed E-state index contributed by atoms with van der Waals surface area (Å²) >= 11 is 0.